The van der Waals surface area contributed by atoms with Gasteiger partial charge in [-0.1, -0.05) is 0 Å². The molecule has 0 unspecified atom stereocenters. The standard InChI is InChI=1S/C22H27F4N3O3S2/c1-14-11-27(19-5-4-17(23)10-18(19)22(24,25)26)8-9-29(14)34(30,31)21-7-6-20(33-21)28-12-15(2)32-16(3)13-28/h4-7,10,14-16H,8-9,11-13H2,1-3H3/t14-,15-,16+/m1/s1. The number of nitrogens with zero attached hydrogens (tertiary/aromatic N) is 3. The lowest BCUT2D eigenvalue weighted by molar-refractivity contribution is -0.137. The molecule has 0 spiro atoms. The van der Waals surface area contributed by atoms with Crippen molar-refractivity contribution in [1.29, 1.82) is 0 Å². The zero-order chi connectivity index (χ0) is 24.8. The predicted molar refractivity (Wildman–Crippen MR) is 124 cm³/mol. The molecule has 2 fully saturated rings. The molecule has 1 aromatic heterocycles. The van der Waals surface area contributed by atoms with Crippen LogP contribution in [-0.4, -0.2) is 63.7 Å². The van der Waals surface area contributed by atoms with Crippen molar-refractivity contribution in [3.05, 3.63) is 41.7 Å². The van der Waals surface area contributed by atoms with Gasteiger partial charge < -0.3 is 14.5 Å². The van der Waals surface area contributed by atoms with Gasteiger partial charge in [-0.2, -0.15) is 17.5 Å². The van der Waals surface area contributed by atoms with Crippen molar-refractivity contribution in [2.75, 3.05) is 42.5 Å². The summed E-state index contributed by atoms with van der Waals surface area (Å²) in [6.07, 6.45) is -4.65. The molecule has 2 saturated heterocycles. The first-order valence-corrected chi connectivity index (χ1v) is 13.3. The van der Waals surface area contributed by atoms with Crippen molar-refractivity contribution in [3.8, 4) is 0 Å². The van der Waals surface area contributed by atoms with Gasteiger partial charge >= 0.3 is 6.18 Å². The first-order chi connectivity index (χ1) is 15.9. The molecule has 2 aliphatic heterocycles. The maximum absolute atomic E-state index is 13.5. The Bertz CT molecular complexity index is 1130. The van der Waals surface area contributed by atoms with Crippen molar-refractivity contribution < 1.29 is 30.7 Å². The van der Waals surface area contributed by atoms with Gasteiger partial charge in [0, 0.05) is 44.5 Å². The van der Waals surface area contributed by atoms with Crippen molar-refractivity contribution in [1.82, 2.24) is 4.31 Å². The number of piperazine rings is 1. The summed E-state index contributed by atoms with van der Waals surface area (Å²) in [5.41, 5.74) is -1.21. The Labute approximate surface area is 200 Å². The van der Waals surface area contributed by atoms with Gasteiger partial charge in [0.2, 0.25) is 0 Å². The Hall–Kier alpha value is -1.89. The van der Waals surface area contributed by atoms with Gasteiger partial charge in [-0.15, -0.1) is 11.3 Å². The molecular weight excluding hydrogens is 494 g/mol. The molecule has 3 atom stereocenters. The smallest absolute Gasteiger partial charge is 0.372 e. The van der Waals surface area contributed by atoms with Gasteiger partial charge in [0.05, 0.1) is 22.8 Å². The Kier molecular flexibility index (Phi) is 6.89. The second kappa shape index (κ2) is 9.29. The SMILES string of the molecule is C[C@@H]1CN(c2ccc(S(=O)(=O)N3CCN(c4ccc(F)cc4C(F)(F)F)C[C@H]3C)s2)C[C@H](C)O1. The fraction of sp³-hybridized carbons (Fsp3) is 0.545. The molecule has 12 heteroatoms. The number of anilines is 2. The Morgan fingerprint density at radius 3 is 2.26 bits per heavy atom. The number of benzene rings is 1. The topological polar surface area (TPSA) is 53.1 Å². The average molecular weight is 522 g/mol. The van der Waals surface area contributed by atoms with E-state index in [0.29, 0.717) is 19.2 Å². The van der Waals surface area contributed by atoms with Gasteiger partial charge in [-0.05, 0) is 51.1 Å². The highest BCUT2D eigenvalue weighted by atomic mass is 32.2. The molecule has 188 valence electrons. The van der Waals surface area contributed by atoms with Crippen LogP contribution in [0.15, 0.2) is 34.5 Å². The Morgan fingerprint density at radius 2 is 1.65 bits per heavy atom. The quantitative estimate of drug-likeness (QED) is 0.558. The van der Waals surface area contributed by atoms with Crippen LogP contribution in [0.5, 0.6) is 0 Å². The van der Waals surface area contributed by atoms with Gasteiger partial charge in [0.1, 0.15) is 10.0 Å². The highest BCUT2D eigenvalue weighted by Crippen LogP contribution is 2.39. The number of halogens is 4. The summed E-state index contributed by atoms with van der Waals surface area (Å²) >= 11 is 1.19. The van der Waals surface area contributed by atoms with E-state index >= 15 is 0 Å². The number of hydrogen-bond donors (Lipinski definition) is 0. The van der Waals surface area contributed by atoms with Crippen molar-refractivity contribution in [2.24, 2.45) is 0 Å². The molecule has 0 bridgehead atoms. The second-order valence-electron chi connectivity index (χ2n) is 8.82. The second-order valence-corrected chi connectivity index (χ2v) is 12.0. The molecule has 4 rings (SSSR count). The highest BCUT2D eigenvalue weighted by molar-refractivity contribution is 7.91. The molecule has 1 aromatic carbocycles. The molecule has 0 aliphatic carbocycles. The number of thiophene rings is 1. The summed E-state index contributed by atoms with van der Waals surface area (Å²) < 4.78 is 87.9. The predicted octanol–water partition coefficient (Wildman–Crippen LogP) is 4.42. The van der Waals surface area contributed by atoms with E-state index in [-0.39, 0.29) is 41.7 Å². The number of hydrogen-bond acceptors (Lipinski definition) is 6. The molecule has 34 heavy (non-hydrogen) atoms. The summed E-state index contributed by atoms with van der Waals surface area (Å²) in [6, 6.07) is 5.37. The molecule has 0 N–H and O–H groups in total. The summed E-state index contributed by atoms with van der Waals surface area (Å²) in [6.45, 7) is 7.09. The molecule has 0 radical (unpaired) electrons. The van der Waals surface area contributed by atoms with Crippen LogP contribution in [0.25, 0.3) is 0 Å². The van der Waals surface area contributed by atoms with Gasteiger partial charge in [-0.3, -0.25) is 0 Å². The van der Waals surface area contributed by atoms with E-state index in [4.69, 9.17) is 4.74 Å². The molecule has 2 aliphatic rings. The number of ether oxygens (including phenoxy) is 1. The highest BCUT2D eigenvalue weighted by Gasteiger charge is 2.39. The molecular formula is C22H27F4N3O3S2. The minimum Gasteiger partial charge on any atom is -0.372 e. The first kappa shape index (κ1) is 25.2. The molecule has 6 nitrogen and oxygen atoms in total. The Morgan fingerprint density at radius 1 is 0.971 bits per heavy atom. The summed E-state index contributed by atoms with van der Waals surface area (Å²) in [5.74, 6) is -0.970. The average Bonchev–Trinajstić information content (AvgIpc) is 3.23. The third-order valence-corrected chi connectivity index (χ3v) is 9.66. The number of rotatable bonds is 4. The summed E-state index contributed by atoms with van der Waals surface area (Å²) in [4.78, 5) is 3.58. The molecule has 3 heterocycles. The Balaban J connectivity index is 1.52. The van der Waals surface area contributed by atoms with E-state index in [2.05, 4.69) is 4.90 Å². The van der Waals surface area contributed by atoms with Crippen LogP contribution in [0, 0.1) is 5.82 Å². The van der Waals surface area contributed by atoms with Crippen LogP contribution in [0.3, 0.4) is 0 Å². The van der Waals surface area contributed by atoms with E-state index in [1.807, 2.05) is 13.8 Å². The number of sulfonamides is 1. The van der Waals surface area contributed by atoms with E-state index in [1.165, 1.54) is 20.5 Å². The monoisotopic (exact) mass is 521 g/mol. The largest absolute Gasteiger partial charge is 0.418 e. The van der Waals surface area contributed by atoms with Crippen molar-refractivity contribution in [2.45, 2.75) is 49.4 Å². The lowest BCUT2D eigenvalue weighted by Crippen LogP contribution is -2.54. The fourth-order valence-electron chi connectivity index (χ4n) is 4.62. The van der Waals surface area contributed by atoms with E-state index < -0.39 is 33.6 Å². The zero-order valence-corrected chi connectivity index (χ0v) is 20.7. The van der Waals surface area contributed by atoms with Gasteiger partial charge in [0.15, 0.2) is 0 Å². The normalized spacial score (nSPS) is 25.1. The lowest BCUT2D eigenvalue weighted by atomic mass is 10.1. The van der Waals surface area contributed by atoms with Crippen molar-refractivity contribution >= 4 is 32.0 Å². The minimum atomic E-state index is -4.72. The van der Waals surface area contributed by atoms with E-state index in [9.17, 15) is 26.0 Å². The van der Waals surface area contributed by atoms with Gasteiger partial charge in [-0.25, -0.2) is 12.8 Å². The van der Waals surface area contributed by atoms with Crippen LogP contribution in [0.4, 0.5) is 28.3 Å². The molecule has 0 saturated carbocycles. The van der Waals surface area contributed by atoms with Gasteiger partial charge in [0.25, 0.3) is 10.0 Å². The lowest BCUT2D eigenvalue weighted by Gasteiger charge is -2.40. The summed E-state index contributed by atoms with van der Waals surface area (Å²) in [7, 11) is -3.82. The fourth-order valence-corrected chi connectivity index (χ4v) is 7.68. The zero-order valence-electron chi connectivity index (χ0n) is 19.0. The third kappa shape index (κ3) is 5.05. The van der Waals surface area contributed by atoms with E-state index in [1.54, 1.807) is 19.1 Å². The van der Waals surface area contributed by atoms with Crippen LogP contribution < -0.4 is 9.80 Å². The van der Waals surface area contributed by atoms with Crippen LogP contribution in [0.2, 0.25) is 0 Å². The molecule has 2 aromatic rings. The minimum absolute atomic E-state index is 0.0248. The number of morpholine rings is 1. The maximum Gasteiger partial charge on any atom is 0.418 e. The van der Waals surface area contributed by atoms with Crippen LogP contribution >= 0.6 is 11.3 Å². The molecule has 0 amide bonds. The van der Waals surface area contributed by atoms with Crippen molar-refractivity contribution in [3.63, 3.8) is 0 Å². The van der Waals surface area contributed by atoms with E-state index in [0.717, 1.165) is 17.1 Å². The van der Waals surface area contributed by atoms with Crippen LogP contribution in [-0.2, 0) is 20.9 Å². The van der Waals surface area contributed by atoms with Crippen LogP contribution in [0.1, 0.15) is 26.3 Å². The maximum atomic E-state index is 13.5. The third-order valence-electron chi connectivity index (χ3n) is 6.03. The number of alkyl halides is 3. The summed E-state index contributed by atoms with van der Waals surface area (Å²) in [5, 5.41) is 0.841. The first-order valence-electron chi connectivity index (χ1n) is 11.0.